The van der Waals surface area contributed by atoms with Crippen LogP contribution in [0.25, 0.3) is 10.9 Å². The number of morpholine rings is 1. The summed E-state index contributed by atoms with van der Waals surface area (Å²) in [4.78, 5) is 21.0. The number of ether oxygens (including phenoxy) is 1. The van der Waals surface area contributed by atoms with Crippen LogP contribution >= 0.6 is 0 Å². The van der Waals surface area contributed by atoms with E-state index in [4.69, 9.17) is 4.74 Å². The van der Waals surface area contributed by atoms with Crippen LogP contribution in [0.5, 0.6) is 0 Å². The molecule has 0 amide bonds. The maximum absolute atomic E-state index is 13.1. The van der Waals surface area contributed by atoms with Crippen LogP contribution in [0.3, 0.4) is 0 Å². The number of pyridine rings is 1. The van der Waals surface area contributed by atoms with Gasteiger partial charge in [-0.15, -0.1) is 5.10 Å². The zero-order chi connectivity index (χ0) is 25.0. The van der Waals surface area contributed by atoms with Crippen molar-refractivity contribution >= 4 is 10.9 Å². The van der Waals surface area contributed by atoms with Gasteiger partial charge in [-0.1, -0.05) is 25.5 Å². The molecule has 1 aromatic carbocycles. The number of aryl methyl sites for hydroxylation is 1. The molecule has 1 saturated heterocycles. The SMILES string of the molecule is CC[C@H](c1nnnn1C(C)(C)CC)N(CCN1CCOCC1)Cc1cc2cc(C)ccc2[nH]c1=O. The van der Waals surface area contributed by atoms with E-state index in [2.05, 4.69) is 71.0 Å². The lowest BCUT2D eigenvalue weighted by atomic mass is 10.0. The lowest BCUT2D eigenvalue weighted by Crippen LogP contribution is -2.43. The molecular weight excluding hydrogens is 442 g/mol. The van der Waals surface area contributed by atoms with Crippen molar-refractivity contribution in [2.45, 2.75) is 65.6 Å². The summed E-state index contributed by atoms with van der Waals surface area (Å²) in [6, 6.07) is 8.14. The number of nitrogens with one attached hydrogen (secondary N) is 1. The first-order valence-corrected chi connectivity index (χ1v) is 12.8. The highest BCUT2D eigenvalue weighted by Gasteiger charge is 2.31. The zero-order valence-electron chi connectivity index (χ0n) is 21.8. The quantitative estimate of drug-likeness (QED) is 0.475. The normalized spacial score (nSPS) is 16.3. The number of aromatic nitrogens is 5. The molecule has 0 spiro atoms. The minimum atomic E-state index is -0.194. The molecule has 0 radical (unpaired) electrons. The first-order valence-electron chi connectivity index (χ1n) is 12.8. The number of nitrogens with zero attached hydrogens (tertiary/aromatic N) is 6. The molecule has 0 bridgehead atoms. The number of hydrogen-bond donors (Lipinski definition) is 1. The lowest BCUT2D eigenvalue weighted by molar-refractivity contribution is 0.0289. The smallest absolute Gasteiger partial charge is 0.252 e. The van der Waals surface area contributed by atoms with E-state index in [-0.39, 0.29) is 17.1 Å². The summed E-state index contributed by atoms with van der Waals surface area (Å²) in [6.45, 7) is 16.4. The predicted octanol–water partition coefficient (Wildman–Crippen LogP) is 3.25. The molecular formula is C26H39N7O2. The van der Waals surface area contributed by atoms with E-state index < -0.39 is 0 Å². The molecule has 1 fully saturated rings. The van der Waals surface area contributed by atoms with Gasteiger partial charge in [0.05, 0.1) is 24.8 Å². The van der Waals surface area contributed by atoms with E-state index in [1.165, 1.54) is 5.56 Å². The van der Waals surface area contributed by atoms with Gasteiger partial charge in [0, 0.05) is 43.8 Å². The molecule has 0 saturated carbocycles. The number of fused-ring (bicyclic) bond motifs is 1. The third-order valence-corrected chi connectivity index (χ3v) is 7.31. The highest BCUT2D eigenvalue weighted by molar-refractivity contribution is 5.79. The summed E-state index contributed by atoms with van der Waals surface area (Å²) >= 11 is 0. The Kier molecular flexibility index (Phi) is 7.98. The van der Waals surface area contributed by atoms with Crippen LogP contribution in [-0.2, 0) is 16.8 Å². The summed E-state index contributed by atoms with van der Waals surface area (Å²) < 4.78 is 7.50. The third kappa shape index (κ3) is 5.79. The van der Waals surface area contributed by atoms with Crippen molar-refractivity contribution in [3.63, 3.8) is 0 Å². The van der Waals surface area contributed by atoms with Crippen LogP contribution in [0.15, 0.2) is 29.1 Å². The van der Waals surface area contributed by atoms with Gasteiger partial charge in [0.15, 0.2) is 5.82 Å². The van der Waals surface area contributed by atoms with Crippen LogP contribution in [0.4, 0.5) is 0 Å². The van der Waals surface area contributed by atoms with Crippen LogP contribution in [0, 0.1) is 6.92 Å². The van der Waals surface area contributed by atoms with Crippen molar-refractivity contribution in [3.05, 3.63) is 51.6 Å². The molecule has 1 atom stereocenters. The Bertz CT molecular complexity index is 1180. The van der Waals surface area contributed by atoms with Crippen LogP contribution in [0.1, 0.15) is 63.5 Å². The minimum absolute atomic E-state index is 0.00975. The number of tetrazole rings is 1. The Morgan fingerprint density at radius 3 is 2.69 bits per heavy atom. The molecule has 190 valence electrons. The van der Waals surface area contributed by atoms with E-state index >= 15 is 0 Å². The zero-order valence-corrected chi connectivity index (χ0v) is 21.8. The van der Waals surface area contributed by atoms with Gasteiger partial charge in [-0.25, -0.2) is 4.68 Å². The highest BCUT2D eigenvalue weighted by Crippen LogP contribution is 2.29. The van der Waals surface area contributed by atoms with Crippen molar-refractivity contribution in [2.24, 2.45) is 0 Å². The first-order chi connectivity index (χ1) is 16.8. The maximum atomic E-state index is 13.1. The summed E-state index contributed by atoms with van der Waals surface area (Å²) in [5, 5.41) is 14.0. The molecule has 9 nitrogen and oxygen atoms in total. The Morgan fingerprint density at radius 2 is 1.97 bits per heavy atom. The van der Waals surface area contributed by atoms with E-state index in [1.54, 1.807) is 0 Å². The molecule has 1 aliphatic heterocycles. The van der Waals surface area contributed by atoms with Gasteiger partial charge >= 0.3 is 0 Å². The average molecular weight is 482 g/mol. The van der Waals surface area contributed by atoms with E-state index in [0.29, 0.717) is 6.54 Å². The Morgan fingerprint density at radius 1 is 1.20 bits per heavy atom. The monoisotopic (exact) mass is 481 g/mol. The van der Waals surface area contributed by atoms with Gasteiger partial charge in [0.2, 0.25) is 0 Å². The van der Waals surface area contributed by atoms with Crippen LogP contribution < -0.4 is 5.56 Å². The Balaban J connectivity index is 1.68. The molecule has 3 aromatic rings. The molecule has 2 aromatic heterocycles. The van der Waals surface area contributed by atoms with Crippen LogP contribution in [-0.4, -0.2) is 74.4 Å². The van der Waals surface area contributed by atoms with Gasteiger partial charge in [-0.2, -0.15) is 0 Å². The Hall–Kier alpha value is -2.62. The summed E-state index contributed by atoms with van der Waals surface area (Å²) in [6.07, 6.45) is 1.76. The largest absolute Gasteiger partial charge is 0.379 e. The van der Waals surface area contributed by atoms with Gasteiger partial charge < -0.3 is 9.72 Å². The molecule has 1 aliphatic rings. The molecule has 4 rings (SSSR count). The third-order valence-electron chi connectivity index (χ3n) is 7.31. The second kappa shape index (κ2) is 11.0. The molecule has 3 heterocycles. The minimum Gasteiger partial charge on any atom is -0.379 e. The van der Waals surface area contributed by atoms with Gasteiger partial charge in [-0.3, -0.25) is 14.6 Å². The fraction of sp³-hybridized carbons (Fsp3) is 0.615. The van der Waals surface area contributed by atoms with Gasteiger partial charge in [0.1, 0.15) is 0 Å². The number of H-pyrrole nitrogens is 1. The van der Waals surface area contributed by atoms with E-state index in [1.807, 2.05) is 22.9 Å². The van der Waals surface area contributed by atoms with Crippen molar-refractivity contribution < 1.29 is 4.74 Å². The topological polar surface area (TPSA) is 92.2 Å². The average Bonchev–Trinajstić information content (AvgIpc) is 3.35. The molecule has 9 heteroatoms. The molecule has 35 heavy (non-hydrogen) atoms. The maximum Gasteiger partial charge on any atom is 0.252 e. The van der Waals surface area contributed by atoms with E-state index in [0.717, 1.165) is 74.5 Å². The number of aromatic amines is 1. The molecule has 0 aliphatic carbocycles. The Labute approximate surface area is 207 Å². The fourth-order valence-electron chi connectivity index (χ4n) is 4.73. The van der Waals surface area contributed by atoms with E-state index in [9.17, 15) is 4.79 Å². The summed E-state index contributed by atoms with van der Waals surface area (Å²) in [5.74, 6) is 0.856. The standard InChI is InChI=1S/C26H39N7O2/c1-6-23(24-28-29-30-33(24)26(4,5)7-2)32(11-10-31-12-14-35-15-13-31)18-21-17-20-16-19(3)8-9-22(20)27-25(21)34/h8-9,16-17,23H,6-7,10-15,18H2,1-5H3,(H,27,34)/t23-/m1/s1. The van der Waals surface area contributed by atoms with Crippen molar-refractivity contribution in [1.82, 2.24) is 35.0 Å². The van der Waals surface area contributed by atoms with Gasteiger partial charge in [0.25, 0.3) is 5.56 Å². The highest BCUT2D eigenvalue weighted by atomic mass is 16.5. The fourth-order valence-corrected chi connectivity index (χ4v) is 4.73. The molecule has 1 N–H and O–H groups in total. The van der Waals surface area contributed by atoms with Crippen LogP contribution in [0.2, 0.25) is 0 Å². The summed E-state index contributed by atoms with van der Waals surface area (Å²) in [5.41, 5.74) is 2.57. The second-order valence-corrected chi connectivity index (χ2v) is 10.2. The lowest BCUT2D eigenvalue weighted by Gasteiger charge is -2.35. The summed E-state index contributed by atoms with van der Waals surface area (Å²) in [7, 11) is 0. The number of rotatable bonds is 10. The van der Waals surface area contributed by atoms with Crippen molar-refractivity contribution in [1.29, 1.82) is 0 Å². The first kappa shape index (κ1) is 25.5. The number of hydrogen-bond acceptors (Lipinski definition) is 7. The van der Waals surface area contributed by atoms with Crippen molar-refractivity contribution in [2.75, 3.05) is 39.4 Å². The molecule has 0 unspecified atom stereocenters. The van der Waals surface area contributed by atoms with Gasteiger partial charge in [-0.05, 0) is 67.6 Å². The predicted molar refractivity (Wildman–Crippen MR) is 137 cm³/mol. The number of benzene rings is 1. The van der Waals surface area contributed by atoms with Crippen molar-refractivity contribution in [3.8, 4) is 0 Å². The second-order valence-electron chi connectivity index (χ2n) is 10.2.